The first-order chi connectivity index (χ1) is 7.58. The molecule has 1 saturated heterocycles. The fraction of sp³-hybridized carbons (Fsp3) is 0.727. The molecule has 0 N–H and O–H groups in total. The minimum absolute atomic E-state index is 0.578. The van der Waals surface area contributed by atoms with Crippen molar-refractivity contribution in [1.29, 1.82) is 0 Å². The number of likely N-dealkylation sites (N-methyl/N-ethyl adjacent to an activating group) is 1. The molecular formula is C11H19ClN4. The van der Waals surface area contributed by atoms with E-state index in [4.69, 9.17) is 11.6 Å². The van der Waals surface area contributed by atoms with Crippen LogP contribution in [0, 0.1) is 0 Å². The second-order valence-electron chi connectivity index (χ2n) is 4.64. The third-order valence-electron chi connectivity index (χ3n) is 3.34. The molecule has 1 unspecified atom stereocenters. The number of halogens is 1. The lowest BCUT2D eigenvalue weighted by Gasteiger charge is -2.37. The van der Waals surface area contributed by atoms with E-state index in [1.54, 1.807) is 6.20 Å². The molecule has 0 radical (unpaired) electrons. The highest BCUT2D eigenvalue weighted by Gasteiger charge is 2.22. The zero-order valence-corrected chi connectivity index (χ0v) is 10.9. The Labute approximate surface area is 102 Å². The Hall–Kier alpha value is -0.580. The van der Waals surface area contributed by atoms with Crippen molar-refractivity contribution in [3.63, 3.8) is 0 Å². The van der Waals surface area contributed by atoms with Gasteiger partial charge in [-0.1, -0.05) is 11.6 Å². The van der Waals surface area contributed by atoms with Crippen molar-refractivity contribution < 1.29 is 0 Å². The number of aromatic nitrogens is 2. The summed E-state index contributed by atoms with van der Waals surface area (Å²) in [5, 5.41) is 0.705. The van der Waals surface area contributed by atoms with Crippen LogP contribution in [0.5, 0.6) is 0 Å². The lowest BCUT2D eigenvalue weighted by molar-refractivity contribution is 0.0907. The van der Waals surface area contributed by atoms with Gasteiger partial charge in [-0.15, -0.1) is 0 Å². The second kappa shape index (κ2) is 4.73. The van der Waals surface area contributed by atoms with E-state index in [0.717, 1.165) is 32.0 Å². The molecule has 16 heavy (non-hydrogen) atoms. The Kier molecular flexibility index (Phi) is 3.52. The van der Waals surface area contributed by atoms with Crippen molar-refractivity contribution in [1.82, 2.24) is 19.4 Å². The largest absolute Gasteiger partial charge is 0.321 e. The van der Waals surface area contributed by atoms with Crippen LogP contribution in [0.1, 0.15) is 12.7 Å². The molecule has 5 heteroatoms. The van der Waals surface area contributed by atoms with Crippen LogP contribution in [0.3, 0.4) is 0 Å². The molecule has 90 valence electrons. The zero-order valence-electron chi connectivity index (χ0n) is 10.1. The van der Waals surface area contributed by atoms with E-state index in [2.05, 4.69) is 28.8 Å². The third-order valence-corrected chi connectivity index (χ3v) is 3.69. The number of imidazole rings is 1. The van der Waals surface area contributed by atoms with Crippen molar-refractivity contribution in [2.45, 2.75) is 19.5 Å². The van der Waals surface area contributed by atoms with Gasteiger partial charge in [-0.3, -0.25) is 4.90 Å². The molecule has 1 aromatic heterocycles. The molecule has 4 nitrogen and oxygen atoms in total. The summed E-state index contributed by atoms with van der Waals surface area (Å²) in [6.07, 6.45) is 1.72. The topological polar surface area (TPSA) is 24.3 Å². The molecule has 1 fully saturated rings. The van der Waals surface area contributed by atoms with Gasteiger partial charge in [0.05, 0.1) is 12.7 Å². The minimum Gasteiger partial charge on any atom is -0.321 e. The minimum atomic E-state index is 0.578. The molecule has 0 saturated carbocycles. The number of rotatable bonds is 2. The van der Waals surface area contributed by atoms with E-state index in [-0.39, 0.29) is 0 Å². The van der Waals surface area contributed by atoms with Crippen molar-refractivity contribution in [3.05, 3.63) is 17.2 Å². The molecule has 2 rings (SSSR count). The Bertz CT molecular complexity index is 363. The highest BCUT2D eigenvalue weighted by atomic mass is 35.5. The van der Waals surface area contributed by atoms with E-state index in [1.165, 1.54) is 0 Å². The molecule has 0 spiro atoms. The summed E-state index contributed by atoms with van der Waals surface area (Å²) in [6, 6.07) is 0.578. The lowest BCUT2D eigenvalue weighted by atomic mass is 10.2. The Morgan fingerprint density at radius 2 is 2.19 bits per heavy atom. The van der Waals surface area contributed by atoms with Crippen LogP contribution in [0.4, 0.5) is 0 Å². The van der Waals surface area contributed by atoms with E-state index < -0.39 is 0 Å². The zero-order chi connectivity index (χ0) is 11.7. The normalized spacial score (nSPS) is 23.9. The molecule has 0 amide bonds. The van der Waals surface area contributed by atoms with Crippen LogP contribution >= 0.6 is 11.6 Å². The molecular weight excluding hydrogens is 224 g/mol. The summed E-state index contributed by atoms with van der Waals surface area (Å²) in [6.45, 7) is 6.50. The third kappa shape index (κ3) is 2.39. The fourth-order valence-electron chi connectivity index (χ4n) is 2.17. The second-order valence-corrected chi connectivity index (χ2v) is 5.03. The monoisotopic (exact) mass is 242 g/mol. The predicted molar refractivity (Wildman–Crippen MR) is 65.6 cm³/mol. The Morgan fingerprint density at radius 3 is 2.75 bits per heavy atom. The molecule has 1 aliphatic heterocycles. The van der Waals surface area contributed by atoms with E-state index >= 15 is 0 Å². The summed E-state index contributed by atoms with van der Waals surface area (Å²) in [5.41, 5.74) is 0. The van der Waals surface area contributed by atoms with Crippen LogP contribution in [0.25, 0.3) is 0 Å². The average Bonchev–Trinajstić information content (AvgIpc) is 2.54. The molecule has 2 heterocycles. The summed E-state index contributed by atoms with van der Waals surface area (Å²) in [5.74, 6) is 1.04. The number of hydrogen-bond acceptors (Lipinski definition) is 3. The van der Waals surface area contributed by atoms with Crippen LogP contribution in [-0.4, -0.2) is 52.1 Å². The lowest BCUT2D eigenvalue weighted by Crippen LogP contribution is -2.50. The number of hydrogen-bond donors (Lipinski definition) is 0. The van der Waals surface area contributed by atoms with Crippen LogP contribution < -0.4 is 0 Å². The smallest absolute Gasteiger partial charge is 0.128 e. The average molecular weight is 243 g/mol. The van der Waals surface area contributed by atoms with E-state index in [9.17, 15) is 0 Å². The summed E-state index contributed by atoms with van der Waals surface area (Å²) >= 11 is 5.98. The molecule has 0 aliphatic carbocycles. The molecule has 1 aromatic rings. The van der Waals surface area contributed by atoms with Gasteiger partial charge in [-0.05, 0) is 14.0 Å². The van der Waals surface area contributed by atoms with Crippen LogP contribution in [0.15, 0.2) is 6.20 Å². The highest BCUT2D eigenvalue weighted by Crippen LogP contribution is 2.14. The van der Waals surface area contributed by atoms with Gasteiger partial charge < -0.3 is 9.47 Å². The Morgan fingerprint density at radius 1 is 1.44 bits per heavy atom. The summed E-state index contributed by atoms with van der Waals surface area (Å²) in [4.78, 5) is 9.16. The molecule has 0 bridgehead atoms. The first-order valence-electron chi connectivity index (χ1n) is 5.66. The van der Waals surface area contributed by atoms with Crippen molar-refractivity contribution in [3.8, 4) is 0 Å². The van der Waals surface area contributed by atoms with Gasteiger partial charge in [0.25, 0.3) is 0 Å². The van der Waals surface area contributed by atoms with Gasteiger partial charge in [0.1, 0.15) is 11.0 Å². The fourth-order valence-corrected chi connectivity index (χ4v) is 2.31. The molecule has 1 aliphatic rings. The van der Waals surface area contributed by atoms with Crippen molar-refractivity contribution in [2.75, 3.05) is 26.7 Å². The number of piperazine rings is 1. The Balaban J connectivity index is 2.02. The first kappa shape index (κ1) is 11.9. The predicted octanol–water partition coefficient (Wildman–Crippen LogP) is 1.21. The first-order valence-corrected chi connectivity index (χ1v) is 6.04. The molecule has 0 aromatic carbocycles. The SMILES string of the molecule is CC1CN(C)CCN1Cc1ncc(Cl)n1C. The summed E-state index contributed by atoms with van der Waals surface area (Å²) < 4.78 is 1.95. The quantitative estimate of drug-likeness (QED) is 0.779. The maximum atomic E-state index is 5.98. The maximum Gasteiger partial charge on any atom is 0.128 e. The summed E-state index contributed by atoms with van der Waals surface area (Å²) in [7, 11) is 4.14. The highest BCUT2D eigenvalue weighted by molar-refractivity contribution is 6.29. The van der Waals surface area contributed by atoms with Gasteiger partial charge in [0.2, 0.25) is 0 Å². The molecule has 1 atom stereocenters. The van der Waals surface area contributed by atoms with Gasteiger partial charge in [0.15, 0.2) is 0 Å². The van der Waals surface area contributed by atoms with Crippen molar-refractivity contribution in [2.24, 2.45) is 7.05 Å². The van der Waals surface area contributed by atoms with Crippen LogP contribution in [-0.2, 0) is 13.6 Å². The maximum absolute atomic E-state index is 5.98. The van der Waals surface area contributed by atoms with Gasteiger partial charge in [-0.25, -0.2) is 4.98 Å². The van der Waals surface area contributed by atoms with Crippen molar-refractivity contribution >= 4 is 11.6 Å². The number of nitrogens with zero attached hydrogens (tertiary/aromatic N) is 4. The standard InChI is InChI=1S/C11H19ClN4/c1-9-7-14(2)4-5-16(9)8-11-13-6-10(12)15(11)3/h6,9H,4-5,7-8H2,1-3H3. The van der Waals surface area contributed by atoms with Gasteiger partial charge in [0, 0.05) is 32.7 Å². The van der Waals surface area contributed by atoms with E-state index in [0.29, 0.717) is 11.2 Å². The van der Waals surface area contributed by atoms with Gasteiger partial charge in [-0.2, -0.15) is 0 Å². The van der Waals surface area contributed by atoms with E-state index in [1.807, 2.05) is 11.6 Å². The van der Waals surface area contributed by atoms with Gasteiger partial charge >= 0.3 is 0 Å². The van der Waals surface area contributed by atoms with Crippen LogP contribution in [0.2, 0.25) is 5.15 Å².